The summed E-state index contributed by atoms with van der Waals surface area (Å²) in [5.74, 6) is 15.3. The van der Waals surface area contributed by atoms with Gasteiger partial charge in [-0.25, -0.2) is 0 Å². The first kappa shape index (κ1) is 66.5. The maximum absolute atomic E-state index is 5.72. The maximum Gasteiger partial charge on any atom is 0.230 e. The summed E-state index contributed by atoms with van der Waals surface area (Å²) >= 11 is 0. The van der Waals surface area contributed by atoms with Gasteiger partial charge < -0.3 is 47.7 Å². The van der Waals surface area contributed by atoms with Crippen molar-refractivity contribution < 1.29 is 37.9 Å². The van der Waals surface area contributed by atoms with E-state index in [4.69, 9.17) is 37.9 Å². The van der Waals surface area contributed by atoms with Crippen LogP contribution in [0.2, 0.25) is 0 Å². The van der Waals surface area contributed by atoms with Crippen LogP contribution in [0.3, 0.4) is 0 Å². The fraction of sp³-hybridized carbons (Fsp3) is 0.806. The lowest BCUT2D eigenvalue weighted by molar-refractivity contribution is 0.0364. The van der Waals surface area contributed by atoms with E-state index in [1.54, 1.807) is 0 Å². The fourth-order valence-corrected chi connectivity index (χ4v) is 9.60. The molecule has 0 saturated heterocycles. The van der Waals surface area contributed by atoms with Crippen molar-refractivity contribution >= 4 is 0 Å². The summed E-state index contributed by atoms with van der Waals surface area (Å²) in [6.07, 6.45) is 3.58. The van der Waals surface area contributed by atoms with Crippen LogP contribution in [0, 0.1) is 71.0 Å². The highest BCUT2D eigenvalue weighted by Crippen LogP contribution is 2.34. The highest BCUT2D eigenvalue weighted by atomic mass is 16.7. The number of hydrogen-bond donors (Lipinski definition) is 0. The molecule has 10 heteroatoms. The minimum Gasteiger partial charge on any atom is -0.498 e. The molecule has 0 atom stereocenters. The molecule has 6 rings (SSSR count). The van der Waals surface area contributed by atoms with Crippen LogP contribution >= 0.6 is 0 Å². The predicted octanol–water partition coefficient (Wildman–Crippen LogP) is 16.7. The van der Waals surface area contributed by atoms with Gasteiger partial charge in [0.05, 0.1) is 42.7 Å². The molecule has 6 aliphatic heterocycles. The third-order valence-corrected chi connectivity index (χ3v) is 13.0. The minimum atomic E-state index is 0.404. The highest BCUT2D eigenvalue weighted by Gasteiger charge is 2.28. The summed E-state index contributed by atoms with van der Waals surface area (Å²) in [6, 6.07) is 0. The Morgan fingerprint density at radius 3 is 1.01 bits per heavy atom. The van der Waals surface area contributed by atoms with Gasteiger partial charge in [0.15, 0.2) is 6.73 Å². The molecule has 0 unspecified atom stereocenters. The highest BCUT2D eigenvalue weighted by molar-refractivity contribution is 5.18. The Morgan fingerprint density at radius 2 is 0.681 bits per heavy atom. The van der Waals surface area contributed by atoms with Gasteiger partial charge in [0.1, 0.15) is 54.4 Å². The number of nitrogens with zero attached hydrogens (tertiary/aromatic N) is 2. The van der Waals surface area contributed by atoms with E-state index in [0.29, 0.717) is 91.0 Å². The van der Waals surface area contributed by atoms with Crippen LogP contribution in [0.5, 0.6) is 0 Å². The quantitative estimate of drug-likeness (QED) is 0.178. The molecular formula is C62H114N2O8. The van der Waals surface area contributed by atoms with Gasteiger partial charge in [-0.05, 0) is 54.6 Å². The molecule has 0 spiro atoms. The van der Waals surface area contributed by atoms with E-state index in [0.717, 1.165) is 69.1 Å². The molecule has 0 aromatic rings. The van der Waals surface area contributed by atoms with Crippen LogP contribution < -0.4 is 0 Å². The van der Waals surface area contributed by atoms with E-state index in [2.05, 4.69) is 190 Å². The van der Waals surface area contributed by atoms with Crippen LogP contribution in [-0.4, -0.2) is 76.5 Å². The molecule has 72 heavy (non-hydrogen) atoms. The second kappa shape index (κ2) is 33.4. The Morgan fingerprint density at radius 1 is 0.333 bits per heavy atom. The van der Waals surface area contributed by atoms with Gasteiger partial charge in [0, 0.05) is 67.4 Å². The van der Waals surface area contributed by atoms with E-state index in [9.17, 15) is 0 Å². The molecule has 0 amide bonds. The standard InChI is InChI=1S/2C11H21NO.C11H20O.C10H18O2.C10H18O.C9H16O2/c1-8(2)10-11(9(3)4)13-7-6-12(10)5;1-6-12-7-13-11(9(4)5)10(12)8(2)3;1-8(2)10-6-5-7-12-11(10)9(3)4;1-7(2)9-10(8(3)4)12-6-5-11-9;1-7(2)9-5-6-11-10(9)8(3)4;1-6(2)8-9(7(3)4)11-5-10-8/h2*8-9H,6-7H2,1-5H3;8-9H,5-7H2,1-4H3;7-8H,5-6H2,1-4H3;7-8H,5-6H2,1-4H3;6-7H,5H2,1-4H3. The van der Waals surface area contributed by atoms with Gasteiger partial charge in [-0.2, -0.15) is 0 Å². The fourth-order valence-electron chi connectivity index (χ4n) is 9.60. The Labute approximate surface area is 444 Å². The largest absolute Gasteiger partial charge is 0.498 e. The first-order valence-electron chi connectivity index (χ1n) is 28.5. The van der Waals surface area contributed by atoms with Crippen molar-refractivity contribution in [3.05, 3.63) is 68.6 Å². The third kappa shape index (κ3) is 21.4. The monoisotopic (exact) mass is 1010 g/mol. The van der Waals surface area contributed by atoms with Crippen LogP contribution in [-0.2, 0) is 37.9 Å². The molecule has 0 aromatic carbocycles. The first-order chi connectivity index (χ1) is 33.6. The van der Waals surface area contributed by atoms with E-state index in [1.165, 1.54) is 58.4 Å². The smallest absolute Gasteiger partial charge is 0.230 e. The van der Waals surface area contributed by atoms with Crippen LogP contribution in [0.4, 0.5) is 0 Å². The number of likely N-dealkylation sites (N-methyl/N-ethyl adjacent to an activating group) is 1. The van der Waals surface area contributed by atoms with Gasteiger partial charge in [0.25, 0.3) is 0 Å². The summed E-state index contributed by atoms with van der Waals surface area (Å²) < 4.78 is 44.5. The van der Waals surface area contributed by atoms with Crippen molar-refractivity contribution in [2.24, 2.45) is 71.0 Å². The summed E-state index contributed by atoms with van der Waals surface area (Å²) in [5, 5.41) is 0. The van der Waals surface area contributed by atoms with Crippen molar-refractivity contribution in [3.8, 4) is 0 Å². The van der Waals surface area contributed by atoms with Crippen LogP contribution in [0.1, 0.15) is 192 Å². The molecule has 0 saturated carbocycles. The molecule has 0 N–H and O–H groups in total. The summed E-state index contributed by atoms with van der Waals surface area (Å²) in [7, 11) is 2.15. The minimum absolute atomic E-state index is 0.404. The lowest BCUT2D eigenvalue weighted by Gasteiger charge is -2.34. The molecule has 0 aromatic heterocycles. The second-order valence-electron chi connectivity index (χ2n) is 23.6. The average Bonchev–Trinajstić information content (AvgIpc) is 4.11. The number of rotatable bonds is 13. The molecular weight excluding hydrogens is 901 g/mol. The predicted molar refractivity (Wildman–Crippen MR) is 302 cm³/mol. The van der Waals surface area contributed by atoms with E-state index in [-0.39, 0.29) is 0 Å². The third-order valence-electron chi connectivity index (χ3n) is 13.0. The SMILES string of the molecule is CC(C)C1=C(C(C)C)N(C)CCO1.CC(C)C1=C(C(C)C)OCC1.CC(C)C1=C(C(C)C)OCCC1.CC(C)C1=C(C(C)C)OCCO1.CC(C)C1=C(C(C)C)OCO1.CCN1COC(C(C)C)=C1C(C)C. The maximum atomic E-state index is 5.72. The molecule has 6 aliphatic rings. The zero-order valence-electron chi connectivity index (χ0n) is 51.6. The van der Waals surface area contributed by atoms with E-state index < -0.39 is 0 Å². The zero-order valence-corrected chi connectivity index (χ0v) is 51.6. The van der Waals surface area contributed by atoms with Crippen LogP contribution in [0.25, 0.3) is 0 Å². The van der Waals surface area contributed by atoms with Gasteiger partial charge in [0.2, 0.25) is 6.79 Å². The number of allylic oxidation sites excluding steroid dienone is 11. The van der Waals surface area contributed by atoms with Crippen molar-refractivity contribution in [2.75, 3.05) is 66.7 Å². The first-order valence-corrected chi connectivity index (χ1v) is 28.5. The zero-order chi connectivity index (χ0) is 55.2. The molecule has 6 heterocycles. The molecule has 10 nitrogen and oxygen atoms in total. The van der Waals surface area contributed by atoms with Crippen molar-refractivity contribution in [1.29, 1.82) is 0 Å². The van der Waals surface area contributed by atoms with Gasteiger partial charge >= 0.3 is 0 Å². The summed E-state index contributed by atoms with van der Waals surface area (Å²) in [6.45, 7) is 61.9. The normalized spacial score (nSPS) is 18.2. The van der Waals surface area contributed by atoms with Gasteiger partial charge in [-0.1, -0.05) is 166 Å². The molecule has 0 radical (unpaired) electrons. The van der Waals surface area contributed by atoms with Crippen molar-refractivity contribution in [1.82, 2.24) is 9.80 Å². The van der Waals surface area contributed by atoms with Gasteiger partial charge in [-0.3, -0.25) is 0 Å². The lowest BCUT2D eigenvalue weighted by Crippen LogP contribution is -2.33. The lowest BCUT2D eigenvalue weighted by atomic mass is 9.92. The topological polar surface area (TPSA) is 80.3 Å². The van der Waals surface area contributed by atoms with E-state index in [1.807, 2.05) is 0 Å². The molecule has 0 bridgehead atoms. The molecule has 0 fully saturated rings. The number of ether oxygens (including phenoxy) is 8. The average molecular weight is 1020 g/mol. The summed E-state index contributed by atoms with van der Waals surface area (Å²) in [5.41, 5.74) is 5.84. The van der Waals surface area contributed by atoms with Gasteiger partial charge in [-0.15, -0.1) is 0 Å². The number of hydrogen-bond acceptors (Lipinski definition) is 10. The molecule has 420 valence electrons. The summed E-state index contributed by atoms with van der Waals surface area (Å²) in [4.78, 5) is 4.64. The Kier molecular flexibility index (Phi) is 30.8. The Balaban J connectivity index is 0.000000432. The van der Waals surface area contributed by atoms with E-state index >= 15 is 0 Å². The molecule has 0 aliphatic carbocycles. The van der Waals surface area contributed by atoms with Crippen molar-refractivity contribution in [2.45, 2.75) is 192 Å². The van der Waals surface area contributed by atoms with Crippen molar-refractivity contribution in [3.63, 3.8) is 0 Å². The second-order valence-corrected chi connectivity index (χ2v) is 23.6. The Bertz CT molecular complexity index is 1610. The Hall–Kier alpha value is -3.56. The van der Waals surface area contributed by atoms with Crippen LogP contribution in [0.15, 0.2) is 68.6 Å².